The van der Waals surface area contributed by atoms with Gasteiger partial charge in [-0.15, -0.1) is 0 Å². The topological polar surface area (TPSA) is 64.3 Å². The van der Waals surface area contributed by atoms with Crippen molar-refractivity contribution in [3.8, 4) is 11.1 Å². The van der Waals surface area contributed by atoms with Crippen LogP contribution in [0.4, 0.5) is 10.8 Å². The van der Waals surface area contributed by atoms with Gasteiger partial charge in [0.1, 0.15) is 10.8 Å². The Balaban J connectivity index is 2.03. The van der Waals surface area contributed by atoms with Crippen molar-refractivity contribution in [2.24, 2.45) is 0 Å². The maximum Gasteiger partial charge on any atom is 0.147 e. The Morgan fingerprint density at radius 1 is 1.42 bits per heavy atom. The molecular formula is C13H16N4OS. The number of nitrogens with zero attached hydrogens (tertiary/aromatic N) is 3. The number of aromatic nitrogens is 2. The number of rotatable bonds is 2. The molecule has 0 bridgehead atoms. The average molecular weight is 276 g/mol. The van der Waals surface area contributed by atoms with Crippen molar-refractivity contribution in [1.82, 2.24) is 9.36 Å². The third-order valence-electron chi connectivity index (χ3n) is 3.30. The van der Waals surface area contributed by atoms with E-state index in [9.17, 15) is 0 Å². The largest absolute Gasteiger partial charge is 0.382 e. The van der Waals surface area contributed by atoms with Crippen molar-refractivity contribution < 1.29 is 4.74 Å². The summed E-state index contributed by atoms with van der Waals surface area (Å²) in [7, 11) is 0. The zero-order valence-corrected chi connectivity index (χ0v) is 11.6. The number of anilines is 2. The molecule has 0 spiro atoms. The van der Waals surface area contributed by atoms with Crippen LogP contribution in [0.3, 0.4) is 0 Å². The molecule has 2 aromatic heterocycles. The van der Waals surface area contributed by atoms with E-state index >= 15 is 0 Å². The second-order valence-electron chi connectivity index (χ2n) is 4.60. The van der Waals surface area contributed by atoms with Gasteiger partial charge in [0, 0.05) is 18.9 Å². The lowest BCUT2D eigenvalue weighted by molar-refractivity contribution is 0.0993. The molecule has 0 amide bonds. The van der Waals surface area contributed by atoms with Gasteiger partial charge in [0.25, 0.3) is 0 Å². The predicted octanol–water partition coefficient (Wildman–Crippen LogP) is 2.01. The van der Waals surface area contributed by atoms with Gasteiger partial charge in [-0.05, 0) is 36.2 Å². The highest BCUT2D eigenvalue weighted by Crippen LogP contribution is 2.40. The number of nitrogens with two attached hydrogens (primary N) is 1. The SMILES string of the molecule is CC1COCCN1c1snc(N)c1-c1ccncc1. The molecule has 0 saturated carbocycles. The van der Waals surface area contributed by atoms with Crippen LogP contribution in [-0.4, -0.2) is 35.2 Å². The standard InChI is InChI=1S/C13H16N4OS/c1-9-8-18-7-6-17(9)13-11(12(14)16-19-13)10-2-4-15-5-3-10/h2-5,9H,6-8H2,1H3,(H2,14,16). The fourth-order valence-corrected chi connectivity index (χ4v) is 3.27. The van der Waals surface area contributed by atoms with E-state index in [0.29, 0.717) is 11.9 Å². The molecule has 6 heteroatoms. The van der Waals surface area contributed by atoms with Gasteiger partial charge in [0.15, 0.2) is 0 Å². The number of hydrogen-bond donors (Lipinski definition) is 1. The molecule has 19 heavy (non-hydrogen) atoms. The number of ether oxygens (including phenoxy) is 1. The minimum absolute atomic E-state index is 0.342. The van der Waals surface area contributed by atoms with Crippen LogP contribution >= 0.6 is 11.5 Å². The van der Waals surface area contributed by atoms with Gasteiger partial charge >= 0.3 is 0 Å². The van der Waals surface area contributed by atoms with Crippen molar-refractivity contribution in [2.75, 3.05) is 30.4 Å². The normalized spacial score (nSPS) is 19.6. The molecule has 1 fully saturated rings. The van der Waals surface area contributed by atoms with Crippen LogP contribution in [-0.2, 0) is 4.74 Å². The summed E-state index contributed by atoms with van der Waals surface area (Å²) in [6, 6.07) is 4.28. The van der Waals surface area contributed by atoms with Gasteiger partial charge in [-0.2, -0.15) is 4.37 Å². The van der Waals surface area contributed by atoms with Crippen molar-refractivity contribution in [2.45, 2.75) is 13.0 Å². The Bertz CT molecular complexity index is 557. The molecule has 5 nitrogen and oxygen atoms in total. The van der Waals surface area contributed by atoms with Gasteiger partial charge in [-0.1, -0.05) is 0 Å². The smallest absolute Gasteiger partial charge is 0.147 e. The van der Waals surface area contributed by atoms with Crippen molar-refractivity contribution in [1.29, 1.82) is 0 Å². The van der Waals surface area contributed by atoms with Gasteiger partial charge in [0.05, 0.1) is 24.8 Å². The summed E-state index contributed by atoms with van der Waals surface area (Å²) in [5, 5.41) is 1.12. The monoisotopic (exact) mass is 276 g/mol. The minimum atomic E-state index is 0.342. The fraction of sp³-hybridized carbons (Fsp3) is 0.385. The van der Waals surface area contributed by atoms with Gasteiger partial charge in [-0.3, -0.25) is 4.98 Å². The average Bonchev–Trinajstić information content (AvgIpc) is 2.82. The van der Waals surface area contributed by atoms with Crippen LogP contribution in [0.1, 0.15) is 6.92 Å². The van der Waals surface area contributed by atoms with Crippen molar-refractivity contribution >= 4 is 22.4 Å². The lowest BCUT2D eigenvalue weighted by Crippen LogP contribution is -2.43. The van der Waals surface area contributed by atoms with E-state index in [1.54, 1.807) is 12.4 Å². The quantitative estimate of drug-likeness (QED) is 0.909. The number of hydrogen-bond acceptors (Lipinski definition) is 6. The first-order chi connectivity index (χ1) is 9.27. The second-order valence-corrected chi connectivity index (χ2v) is 5.35. The van der Waals surface area contributed by atoms with Crippen LogP contribution in [0.15, 0.2) is 24.5 Å². The summed E-state index contributed by atoms with van der Waals surface area (Å²) in [5.74, 6) is 0.588. The summed E-state index contributed by atoms with van der Waals surface area (Å²) in [5.41, 5.74) is 8.13. The molecule has 1 aliphatic rings. The molecular weight excluding hydrogens is 260 g/mol. The molecule has 2 aromatic rings. The lowest BCUT2D eigenvalue weighted by atomic mass is 10.1. The molecule has 100 valence electrons. The molecule has 3 rings (SSSR count). The van der Waals surface area contributed by atoms with Crippen LogP contribution in [0.5, 0.6) is 0 Å². The molecule has 0 radical (unpaired) electrons. The molecule has 1 aliphatic heterocycles. The van der Waals surface area contributed by atoms with Crippen LogP contribution < -0.4 is 10.6 Å². The first kappa shape index (κ1) is 12.4. The van der Waals surface area contributed by atoms with Gasteiger partial charge < -0.3 is 15.4 Å². The van der Waals surface area contributed by atoms with Crippen LogP contribution in [0.2, 0.25) is 0 Å². The van der Waals surface area contributed by atoms with Gasteiger partial charge in [-0.25, -0.2) is 0 Å². The number of pyridine rings is 1. The number of morpholine rings is 1. The molecule has 2 N–H and O–H groups in total. The van der Waals surface area contributed by atoms with E-state index in [4.69, 9.17) is 10.5 Å². The van der Waals surface area contributed by atoms with Gasteiger partial charge in [0.2, 0.25) is 0 Å². The summed E-state index contributed by atoms with van der Waals surface area (Å²) in [4.78, 5) is 6.38. The Morgan fingerprint density at radius 2 is 2.21 bits per heavy atom. The van der Waals surface area contributed by atoms with E-state index in [2.05, 4.69) is 21.2 Å². The van der Waals surface area contributed by atoms with Crippen molar-refractivity contribution in [3.63, 3.8) is 0 Å². The first-order valence-electron chi connectivity index (χ1n) is 6.27. The van der Waals surface area contributed by atoms with Crippen LogP contribution in [0.25, 0.3) is 11.1 Å². The third kappa shape index (κ3) is 2.29. The highest BCUT2D eigenvalue weighted by atomic mass is 32.1. The minimum Gasteiger partial charge on any atom is -0.382 e. The highest BCUT2D eigenvalue weighted by Gasteiger charge is 2.25. The molecule has 0 aromatic carbocycles. The Morgan fingerprint density at radius 3 is 2.95 bits per heavy atom. The zero-order chi connectivity index (χ0) is 13.2. The maximum absolute atomic E-state index is 6.05. The van der Waals surface area contributed by atoms with E-state index in [1.807, 2.05) is 12.1 Å². The number of nitrogen functional groups attached to an aromatic ring is 1. The second kappa shape index (κ2) is 5.14. The van der Waals surface area contributed by atoms with Crippen molar-refractivity contribution in [3.05, 3.63) is 24.5 Å². The Labute approximate surface area is 116 Å². The molecule has 1 saturated heterocycles. The summed E-state index contributed by atoms with van der Waals surface area (Å²) in [6.45, 7) is 4.53. The van der Waals surface area contributed by atoms with E-state index in [1.165, 1.54) is 11.5 Å². The highest BCUT2D eigenvalue weighted by molar-refractivity contribution is 7.11. The summed E-state index contributed by atoms with van der Waals surface area (Å²) < 4.78 is 9.81. The maximum atomic E-state index is 6.05. The molecule has 1 unspecified atom stereocenters. The Kier molecular flexibility index (Phi) is 3.35. The third-order valence-corrected chi connectivity index (χ3v) is 4.20. The lowest BCUT2D eigenvalue weighted by Gasteiger charge is -2.34. The summed E-state index contributed by atoms with van der Waals surface area (Å²) >= 11 is 1.46. The first-order valence-corrected chi connectivity index (χ1v) is 7.04. The molecule has 3 heterocycles. The molecule has 1 atom stereocenters. The van der Waals surface area contributed by atoms with E-state index < -0.39 is 0 Å². The van der Waals surface area contributed by atoms with Crippen LogP contribution in [0, 0.1) is 0 Å². The fourth-order valence-electron chi connectivity index (χ4n) is 2.31. The van der Waals surface area contributed by atoms with E-state index in [0.717, 1.165) is 35.9 Å². The Hall–Kier alpha value is -1.66. The zero-order valence-electron chi connectivity index (χ0n) is 10.7. The summed E-state index contributed by atoms with van der Waals surface area (Å²) in [6.07, 6.45) is 3.55. The van der Waals surface area contributed by atoms with E-state index in [-0.39, 0.29) is 0 Å². The predicted molar refractivity (Wildman–Crippen MR) is 77.4 cm³/mol. The molecule has 0 aliphatic carbocycles.